The van der Waals surface area contributed by atoms with Crippen molar-refractivity contribution in [1.82, 2.24) is 0 Å². The fraction of sp³-hybridized carbons (Fsp3) is 0.500. The van der Waals surface area contributed by atoms with E-state index in [0.717, 1.165) is 6.42 Å². The van der Waals surface area contributed by atoms with Gasteiger partial charge in [-0.05, 0) is 57.2 Å². The molecule has 1 rings (SSSR count). The van der Waals surface area contributed by atoms with Gasteiger partial charge >= 0.3 is 0 Å². The van der Waals surface area contributed by atoms with Crippen LogP contribution in [-0.4, -0.2) is 5.54 Å². The SMILES string of the molecule is Cc1cc(C)c(CCC(C)(N)C#N)c(C)c1. The van der Waals surface area contributed by atoms with Crippen LogP contribution in [0.25, 0.3) is 0 Å². The minimum absolute atomic E-state index is 0.703. The largest absolute Gasteiger partial charge is 0.314 e. The highest BCUT2D eigenvalue weighted by molar-refractivity contribution is 5.37. The molecule has 0 aliphatic carbocycles. The molecule has 2 nitrogen and oxygen atoms in total. The third kappa shape index (κ3) is 3.08. The van der Waals surface area contributed by atoms with Crippen molar-refractivity contribution in [1.29, 1.82) is 5.26 Å². The van der Waals surface area contributed by atoms with E-state index < -0.39 is 5.54 Å². The number of nitrogens with two attached hydrogens (primary N) is 1. The molecule has 0 aliphatic heterocycles. The molecule has 0 saturated carbocycles. The van der Waals surface area contributed by atoms with Gasteiger partial charge in [0.2, 0.25) is 0 Å². The van der Waals surface area contributed by atoms with Crippen LogP contribution in [0.4, 0.5) is 0 Å². The molecule has 0 spiro atoms. The molecule has 0 aliphatic rings. The van der Waals surface area contributed by atoms with Crippen LogP contribution in [0.2, 0.25) is 0 Å². The van der Waals surface area contributed by atoms with Gasteiger partial charge in [0, 0.05) is 0 Å². The van der Waals surface area contributed by atoms with E-state index >= 15 is 0 Å². The first kappa shape index (κ1) is 12.7. The summed E-state index contributed by atoms with van der Waals surface area (Å²) < 4.78 is 0. The fourth-order valence-corrected chi connectivity index (χ4v) is 2.04. The fourth-order valence-electron chi connectivity index (χ4n) is 2.04. The topological polar surface area (TPSA) is 49.8 Å². The molecule has 0 heterocycles. The first-order valence-corrected chi connectivity index (χ1v) is 5.62. The Morgan fingerprint density at radius 2 is 1.75 bits per heavy atom. The van der Waals surface area contributed by atoms with E-state index in [4.69, 9.17) is 11.0 Å². The van der Waals surface area contributed by atoms with Crippen molar-refractivity contribution < 1.29 is 0 Å². The second-order valence-electron chi connectivity index (χ2n) is 4.91. The van der Waals surface area contributed by atoms with Crippen molar-refractivity contribution in [3.8, 4) is 6.07 Å². The van der Waals surface area contributed by atoms with E-state index in [1.807, 2.05) is 0 Å². The molecule has 16 heavy (non-hydrogen) atoms. The Bertz CT molecular complexity index is 402. The zero-order valence-electron chi connectivity index (χ0n) is 10.6. The summed E-state index contributed by atoms with van der Waals surface area (Å²) in [5.41, 5.74) is 10.3. The Balaban J connectivity index is 2.87. The predicted molar refractivity (Wildman–Crippen MR) is 67.2 cm³/mol. The van der Waals surface area contributed by atoms with Gasteiger partial charge in [-0.15, -0.1) is 0 Å². The van der Waals surface area contributed by atoms with Gasteiger partial charge in [-0.3, -0.25) is 0 Å². The highest BCUT2D eigenvalue weighted by Gasteiger charge is 2.17. The van der Waals surface area contributed by atoms with Gasteiger partial charge in [0.1, 0.15) is 5.54 Å². The second kappa shape index (κ2) is 4.67. The van der Waals surface area contributed by atoms with Crippen molar-refractivity contribution in [2.24, 2.45) is 5.73 Å². The average molecular weight is 216 g/mol. The number of aryl methyl sites for hydroxylation is 3. The lowest BCUT2D eigenvalue weighted by Gasteiger charge is -2.17. The van der Waals surface area contributed by atoms with Gasteiger partial charge in [0.05, 0.1) is 6.07 Å². The molecule has 0 aromatic heterocycles. The van der Waals surface area contributed by atoms with Crippen molar-refractivity contribution in [2.75, 3.05) is 0 Å². The first-order chi connectivity index (χ1) is 7.35. The molecule has 1 atom stereocenters. The molecule has 0 amide bonds. The van der Waals surface area contributed by atoms with Gasteiger partial charge < -0.3 is 5.73 Å². The van der Waals surface area contributed by atoms with Crippen LogP contribution in [0.3, 0.4) is 0 Å². The van der Waals surface area contributed by atoms with Crippen LogP contribution in [0.15, 0.2) is 12.1 Å². The summed E-state index contributed by atoms with van der Waals surface area (Å²) in [5, 5.41) is 8.88. The van der Waals surface area contributed by atoms with E-state index in [-0.39, 0.29) is 0 Å². The van der Waals surface area contributed by atoms with Crippen LogP contribution < -0.4 is 5.73 Å². The highest BCUT2D eigenvalue weighted by Crippen LogP contribution is 2.20. The predicted octanol–water partition coefficient (Wildman–Crippen LogP) is 2.79. The van der Waals surface area contributed by atoms with Gasteiger partial charge in [0.25, 0.3) is 0 Å². The molecule has 86 valence electrons. The maximum Gasteiger partial charge on any atom is 0.101 e. The van der Waals surface area contributed by atoms with E-state index in [1.54, 1.807) is 6.92 Å². The van der Waals surface area contributed by atoms with E-state index in [9.17, 15) is 0 Å². The molecular formula is C14H20N2. The van der Waals surface area contributed by atoms with Crippen molar-refractivity contribution in [3.05, 3.63) is 34.4 Å². The Kier molecular flexibility index (Phi) is 3.72. The third-order valence-electron chi connectivity index (χ3n) is 2.99. The lowest BCUT2D eigenvalue weighted by Crippen LogP contribution is -2.34. The lowest BCUT2D eigenvalue weighted by atomic mass is 9.91. The highest BCUT2D eigenvalue weighted by atomic mass is 14.7. The molecular weight excluding hydrogens is 196 g/mol. The monoisotopic (exact) mass is 216 g/mol. The summed E-state index contributed by atoms with van der Waals surface area (Å²) in [5.74, 6) is 0. The maximum absolute atomic E-state index is 8.88. The Morgan fingerprint density at radius 1 is 1.25 bits per heavy atom. The normalized spacial score (nSPS) is 14.2. The minimum atomic E-state index is -0.718. The number of hydrogen-bond acceptors (Lipinski definition) is 2. The van der Waals surface area contributed by atoms with E-state index in [0.29, 0.717) is 6.42 Å². The molecule has 1 unspecified atom stereocenters. The summed E-state index contributed by atoms with van der Waals surface area (Å²) in [6, 6.07) is 6.51. The molecule has 2 heteroatoms. The van der Waals surface area contributed by atoms with Gasteiger partial charge in [-0.1, -0.05) is 17.7 Å². The van der Waals surface area contributed by atoms with Gasteiger partial charge in [0.15, 0.2) is 0 Å². The van der Waals surface area contributed by atoms with Crippen LogP contribution >= 0.6 is 0 Å². The summed E-state index contributed by atoms with van der Waals surface area (Å²) in [6.07, 6.45) is 1.58. The van der Waals surface area contributed by atoms with Crippen LogP contribution in [0, 0.1) is 32.1 Å². The van der Waals surface area contributed by atoms with E-state index in [1.165, 1.54) is 22.3 Å². The molecule has 0 radical (unpaired) electrons. The number of rotatable bonds is 3. The van der Waals surface area contributed by atoms with E-state index in [2.05, 4.69) is 39.0 Å². The van der Waals surface area contributed by atoms with Crippen LogP contribution in [-0.2, 0) is 6.42 Å². The second-order valence-corrected chi connectivity index (χ2v) is 4.91. The number of hydrogen-bond donors (Lipinski definition) is 1. The average Bonchev–Trinajstić information content (AvgIpc) is 2.16. The quantitative estimate of drug-likeness (QED) is 0.844. The van der Waals surface area contributed by atoms with Crippen molar-refractivity contribution in [2.45, 2.75) is 46.1 Å². The number of nitriles is 1. The minimum Gasteiger partial charge on any atom is -0.314 e. The Morgan fingerprint density at radius 3 is 2.19 bits per heavy atom. The zero-order valence-corrected chi connectivity index (χ0v) is 10.6. The zero-order chi connectivity index (χ0) is 12.3. The van der Waals surface area contributed by atoms with Crippen molar-refractivity contribution >= 4 is 0 Å². The first-order valence-electron chi connectivity index (χ1n) is 5.62. The summed E-state index contributed by atoms with van der Waals surface area (Å²) in [7, 11) is 0. The Labute approximate surface area is 98.1 Å². The van der Waals surface area contributed by atoms with Crippen LogP contribution in [0.5, 0.6) is 0 Å². The molecule has 0 fully saturated rings. The van der Waals surface area contributed by atoms with Gasteiger partial charge in [-0.2, -0.15) is 5.26 Å². The number of benzene rings is 1. The maximum atomic E-state index is 8.88. The lowest BCUT2D eigenvalue weighted by molar-refractivity contribution is 0.545. The Hall–Kier alpha value is -1.33. The summed E-state index contributed by atoms with van der Waals surface area (Å²) in [6.45, 7) is 8.13. The molecule has 0 saturated heterocycles. The molecule has 0 bridgehead atoms. The number of nitrogens with zero attached hydrogens (tertiary/aromatic N) is 1. The standard InChI is InChI=1S/C14H20N2/c1-10-7-11(2)13(12(3)8-10)5-6-14(4,16)9-15/h7-8H,5-6,16H2,1-4H3. The smallest absolute Gasteiger partial charge is 0.101 e. The summed E-state index contributed by atoms with van der Waals surface area (Å²) in [4.78, 5) is 0. The summed E-state index contributed by atoms with van der Waals surface area (Å²) >= 11 is 0. The molecule has 2 N–H and O–H groups in total. The third-order valence-corrected chi connectivity index (χ3v) is 2.99. The van der Waals surface area contributed by atoms with Gasteiger partial charge in [-0.25, -0.2) is 0 Å². The molecule has 1 aromatic rings. The molecule has 1 aromatic carbocycles. The van der Waals surface area contributed by atoms with Crippen LogP contribution in [0.1, 0.15) is 35.6 Å². The van der Waals surface area contributed by atoms with Crippen molar-refractivity contribution in [3.63, 3.8) is 0 Å².